The zero-order valence-corrected chi connectivity index (χ0v) is 20.3. The predicted octanol–water partition coefficient (Wildman–Crippen LogP) is 5.53. The van der Waals surface area contributed by atoms with Gasteiger partial charge in [0, 0.05) is 10.4 Å². The lowest BCUT2D eigenvalue weighted by molar-refractivity contribution is -0.123. The molecule has 1 unspecified atom stereocenters. The molecule has 0 saturated heterocycles. The fourth-order valence-electron chi connectivity index (χ4n) is 4.25. The van der Waals surface area contributed by atoms with Crippen molar-refractivity contribution in [2.45, 2.75) is 45.6 Å². The molecule has 8 heteroatoms. The number of rotatable bonds is 5. The molecule has 0 fully saturated rings. The Balaban J connectivity index is 1.29. The van der Waals surface area contributed by atoms with E-state index >= 15 is 0 Å². The number of nitriles is 1. The number of aromatic nitrogens is 2. The number of carbonyl (C=O) groups is 2. The molecule has 0 saturated carbocycles. The molecule has 35 heavy (non-hydrogen) atoms. The number of imidazole rings is 1. The van der Waals surface area contributed by atoms with Crippen LogP contribution in [0.25, 0.3) is 22.4 Å². The number of nitrogens with one attached hydrogen (secondary N) is 2. The van der Waals surface area contributed by atoms with Crippen LogP contribution < -0.4 is 5.32 Å². The van der Waals surface area contributed by atoms with Gasteiger partial charge in [0.05, 0.1) is 22.2 Å². The summed E-state index contributed by atoms with van der Waals surface area (Å²) in [6, 6.07) is 15.3. The lowest BCUT2D eigenvalue weighted by atomic mass is 9.96. The molecule has 2 heterocycles. The minimum absolute atomic E-state index is 0.320. The summed E-state index contributed by atoms with van der Waals surface area (Å²) in [5.74, 6) is -0.352. The Morgan fingerprint density at radius 2 is 1.94 bits per heavy atom. The molecule has 1 aliphatic carbocycles. The molecular formula is C27H24N4O3S. The van der Waals surface area contributed by atoms with Gasteiger partial charge in [-0.3, -0.25) is 4.79 Å². The number of carbonyl (C=O) groups excluding carboxylic acids is 2. The van der Waals surface area contributed by atoms with Crippen LogP contribution >= 0.6 is 11.3 Å². The zero-order valence-electron chi connectivity index (χ0n) is 19.5. The van der Waals surface area contributed by atoms with Gasteiger partial charge in [0.2, 0.25) is 0 Å². The molecule has 0 bridgehead atoms. The second kappa shape index (κ2) is 9.35. The summed E-state index contributed by atoms with van der Waals surface area (Å²) in [4.78, 5) is 34.5. The number of aromatic amines is 1. The fourth-order valence-corrected chi connectivity index (χ4v) is 5.50. The van der Waals surface area contributed by atoms with E-state index in [4.69, 9.17) is 4.74 Å². The Hall–Kier alpha value is -3.96. The average Bonchev–Trinajstić information content (AvgIpc) is 3.44. The summed E-state index contributed by atoms with van der Waals surface area (Å²) in [5, 5.41) is 12.9. The van der Waals surface area contributed by atoms with Crippen molar-refractivity contribution in [3.05, 3.63) is 69.6 Å². The van der Waals surface area contributed by atoms with Gasteiger partial charge in [-0.15, -0.1) is 11.3 Å². The van der Waals surface area contributed by atoms with Crippen molar-refractivity contribution in [2.24, 2.45) is 0 Å². The van der Waals surface area contributed by atoms with E-state index in [0.29, 0.717) is 27.5 Å². The van der Waals surface area contributed by atoms with E-state index < -0.39 is 18.0 Å². The number of H-pyrrole nitrogens is 1. The lowest BCUT2D eigenvalue weighted by Gasteiger charge is -2.13. The first-order valence-electron chi connectivity index (χ1n) is 11.6. The number of fused-ring (bicyclic) bond motifs is 2. The summed E-state index contributed by atoms with van der Waals surface area (Å²) in [6.45, 7) is 3.55. The first-order chi connectivity index (χ1) is 16.9. The molecule has 1 amide bonds. The number of esters is 1. The molecule has 4 aromatic rings. The summed E-state index contributed by atoms with van der Waals surface area (Å²) in [6.07, 6.45) is 2.90. The summed E-state index contributed by atoms with van der Waals surface area (Å²) in [7, 11) is 0. The highest BCUT2D eigenvalue weighted by molar-refractivity contribution is 7.16. The summed E-state index contributed by atoms with van der Waals surface area (Å²) in [5.41, 5.74) is 5.44. The van der Waals surface area contributed by atoms with Gasteiger partial charge in [0.15, 0.2) is 6.10 Å². The topological polar surface area (TPSA) is 108 Å². The molecule has 5 rings (SSSR count). The van der Waals surface area contributed by atoms with Crippen LogP contribution in [0.5, 0.6) is 0 Å². The van der Waals surface area contributed by atoms with E-state index in [0.717, 1.165) is 52.8 Å². The number of hydrogen-bond acceptors (Lipinski definition) is 6. The number of ether oxygens (including phenoxy) is 1. The molecule has 1 aliphatic rings. The highest BCUT2D eigenvalue weighted by Gasteiger charge is 2.25. The summed E-state index contributed by atoms with van der Waals surface area (Å²) < 4.78 is 5.44. The van der Waals surface area contributed by atoms with Crippen molar-refractivity contribution in [2.75, 3.05) is 5.32 Å². The zero-order chi connectivity index (χ0) is 24.5. The Morgan fingerprint density at radius 3 is 2.71 bits per heavy atom. The van der Waals surface area contributed by atoms with Gasteiger partial charge in [-0.1, -0.05) is 29.8 Å². The van der Waals surface area contributed by atoms with Crippen LogP contribution in [-0.4, -0.2) is 27.9 Å². The van der Waals surface area contributed by atoms with Crippen molar-refractivity contribution in [1.82, 2.24) is 9.97 Å². The third-order valence-electron chi connectivity index (χ3n) is 6.22. The lowest BCUT2D eigenvalue weighted by Crippen LogP contribution is -2.30. The molecule has 0 aliphatic heterocycles. The van der Waals surface area contributed by atoms with Crippen molar-refractivity contribution in [1.29, 1.82) is 5.26 Å². The molecule has 2 aromatic heterocycles. The highest BCUT2D eigenvalue weighted by Crippen LogP contribution is 2.37. The van der Waals surface area contributed by atoms with E-state index in [-0.39, 0.29) is 0 Å². The minimum atomic E-state index is -1.02. The van der Waals surface area contributed by atoms with Gasteiger partial charge in [0.1, 0.15) is 16.9 Å². The SMILES string of the molecule is Cc1ccc(-c2nc3ccc(C(=O)OC(C)C(=O)Nc4sc5c(c4C#N)CCCC5)cc3[nH]2)cc1. The number of hydrogen-bond donors (Lipinski definition) is 2. The van der Waals surface area contributed by atoms with Crippen LogP contribution in [-0.2, 0) is 22.4 Å². The first-order valence-corrected chi connectivity index (χ1v) is 12.4. The standard InChI is InChI=1S/C27H24N4O3S/c1-15-7-9-17(10-8-15)24-29-21-12-11-18(13-22(21)30-24)27(33)34-16(2)25(32)31-26-20(14-28)19-5-3-4-6-23(19)35-26/h7-13,16H,3-6H2,1-2H3,(H,29,30)(H,31,32). The van der Waals surface area contributed by atoms with E-state index in [1.54, 1.807) is 18.2 Å². The quantitative estimate of drug-likeness (QED) is 0.362. The minimum Gasteiger partial charge on any atom is -0.449 e. The van der Waals surface area contributed by atoms with E-state index in [1.807, 2.05) is 31.2 Å². The maximum atomic E-state index is 12.8. The third-order valence-corrected chi connectivity index (χ3v) is 7.42. The Kier molecular flexibility index (Phi) is 6.10. The van der Waals surface area contributed by atoms with Crippen LogP contribution in [0.3, 0.4) is 0 Å². The Bertz CT molecular complexity index is 1480. The van der Waals surface area contributed by atoms with Gasteiger partial charge in [0.25, 0.3) is 5.91 Å². The molecule has 0 spiro atoms. The van der Waals surface area contributed by atoms with Gasteiger partial charge in [-0.2, -0.15) is 5.26 Å². The second-order valence-corrected chi connectivity index (χ2v) is 9.85. The second-order valence-electron chi connectivity index (χ2n) is 8.75. The van der Waals surface area contributed by atoms with Crippen molar-refractivity contribution in [3.63, 3.8) is 0 Å². The number of thiophene rings is 1. The molecule has 1 atom stereocenters. The van der Waals surface area contributed by atoms with Gasteiger partial charge in [-0.25, -0.2) is 9.78 Å². The molecule has 0 radical (unpaired) electrons. The first kappa shape index (κ1) is 22.8. The van der Waals surface area contributed by atoms with Crippen LogP contribution in [0, 0.1) is 18.3 Å². The number of nitrogens with zero attached hydrogens (tertiary/aromatic N) is 2. The van der Waals surface area contributed by atoms with Crippen LogP contribution in [0.1, 0.15) is 51.7 Å². The monoisotopic (exact) mass is 484 g/mol. The van der Waals surface area contributed by atoms with Crippen molar-refractivity contribution >= 4 is 39.2 Å². The largest absolute Gasteiger partial charge is 0.449 e. The molecule has 176 valence electrons. The molecule has 2 aromatic carbocycles. The smallest absolute Gasteiger partial charge is 0.338 e. The van der Waals surface area contributed by atoms with E-state index in [1.165, 1.54) is 18.3 Å². The fraction of sp³-hybridized carbons (Fsp3) is 0.259. The van der Waals surface area contributed by atoms with E-state index in [2.05, 4.69) is 21.4 Å². The Labute approximate surface area is 206 Å². The van der Waals surface area contributed by atoms with Crippen LogP contribution in [0.15, 0.2) is 42.5 Å². The van der Waals surface area contributed by atoms with E-state index in [9.17, 15) is 14.9 Å². The number of amides is 1. The van der Waals surface area contributed by atoms with Crippen LogP contribution in [0.4, 0.5) is 5.00 Å². The predicted molar refractivity (Wildman–Crippen MR) is 135 cm³/mol. The van der Waals surface area contributed by atoms with Crippen LogP contribution in [0.2, 0.25) is 0 Å². The highest BCUT2D eigenvalue weighted by atomic mass is 32.1. The third kappa shape index (κ3) is 4.55. The molecular weight excluding hydrogens is 460 g/mol. The Morgan fingerprint density at radius 1 is 1.17 bits per heavy atom. The maximum absolute atomic E-state index is 12.8. The number of benzene rings is 2. The normalized spacial score (nSPS) is 13.6. The molecule has 7 nitrogen and oxygen atoms in total. The average molecular weight is 485 g/mol. The van der Waals surface area contributed by atoms with Gasteiger partial charge < -0.3 is 15.0 Å². The van der Waals surface area contributed by atoms with Gasteiger partial charge >= 0.3 is 5.97 Å². The van der Waals surface area contributed by atoms with Crippen molar-refractivity contribution in [3.8, 4) is 17.5 Å². The van der Waals surface area contributed by atoms with Gasteiger partial charge in [-0.05, 0) is 63.3 Å². The number of anilines is 1. The maximum Gasteiger partial charge on any atom is 0.338 e. The number of aryl methyl sites for hydroxylation is 2. The van der Waals surface area contributed by atoms with Crippen molar-refractivity contribution < 1.29 is 14.3 Å². The molecule has 2 N–H and O–H groups in total. The summed E-state index contributed by atoms with van der Waals surface area (Å²) >= 11 is 1.44.